The van der Waals surface area contributed by atoms with E-state index < -0.39 is 6.10 Å². The first-order chi connectivity index (χ1) is 13.8. The first-order valence-corrected chi connectivity index (χ1v) is 11.0. The normalized spacial score (nSPS) is 17.0. The second kappa shape index (κ2) is 13.0. The highest BCUT2D eigenvalue weighted by atomic mass is 79.9. The summed E-state index contributed by atoms with van der Waals surface area (Å²) in [5.74, 6) is 0.958. The number of halogens is 1. The van der Waals surface area contributed by atoms with Crippen LogP contribution in [0.1, 0.15) is 68.6 Å². The topological polar surface area (TPSA) is 32.7 Å². The second-order valence-electron chi connectivity index (χ2n) is 7.95. The van der Waals surface area contributed by atoms with Crippen LogP contribution in [0.5, 0.6) is 5.75 Å². The molecule has 29 heavy (non-hydrogen) atoms. The Kier molecular flexibility index (Phi) is 10.8. The predicted molar refractivity (Wildman–Crippen MR) is 126 cm³/mol. The van der Waals surface area contributed by atoms with Gasteiger partial charge in [-0.3, -0.25) is 0 Å². The monoisotopic (exact) mass is 461 g/mol. The third kappa shape index (κ3) is 7.44. The molecule has 2 unspecified atom stereocenters. The van der Waals surface area contributed by atoms with Crippen molar-refractivity contribution >= 4 is 17.0 Å². The fraction of sp³-hybridized carbons (Fsp3) is 0.520. The largest absolute Gasteiger partial charge is 0.494 e. The molecule has 4 heteroatoms. The van der Waals surface area contributed by atoms with Gasteiger partial charge in [0.25, 0.3) is 0 Å². The summed E-state index contributed by atoms with van der Waals surface area (Å²) in [6.07, 6.45) is 6.86. The number of hydrogen-bond donors (Lipinski definition) is 1. The molecule has 3 nitrogen and oxygen atoms in total. The minimum absolute atomic E-state index is 0. The zero-order valence-electron chi connectivity index (χ0n) is 17.6. The fourth-order valence-corrected chi connectivity index (χ4v) is 4.01. The molecule has 0 radical (unpaired) electrons. The SMILES string of the molecule is Br.CCCCOc1ccc(C(O)C(CN2CCCCCC2)c2ccccc2)cc1. The fourth-order valence-electron chi connectivity index (χ4n) is 4.01. The van der Waals surface area contributed by atoms with E-state index in [1.54, 1.807) is 0 Å². The maximum absolute atomic E-state index is 11.3. The molecule has 0 bridgehead atoms. The maximum Gasteiger partial charge on any atom is 0.119 e. The molecule has 1 aliphatic heterocycles. The van der Waals surface area contributed by atoms with Gasteiger partial charge in [0.2, 0.25) is 0 Å². The van der Waals surface area contributed by atoms with E-state index in [2.05, 4.69) is 36.1 Å². The highest BCUT2D eigenvalue weighted by Crippen LogP contribution is 2.33. The molecular weight excluding hydrogens is 426 g/mol. The van der Waals surface area contributed by atoms with Crippen molar-refractivity contribution in [3.05, 3.63) is 65.7 Å². The molecule has 1 N–H and O–H groups in total. The second-order valence-corrected chi connectivity index (χ2v) is 7.95. The van der Waals surface area contributed by atoms with Gasteiger partial charge < -0.3 is 14.7 Å². The molecule has 1 saturated heterocycles. The Morgan fingerprint density at radius 2 is 1.55 bits per heavy atom. The summed E-state index contributed by atoms with van der Waals surface area (Å²) in [6.45, 7) is 6.09. The molecule has 0 aromatic heterocycles. The van der Waals surface area contributed by atoms with Crippen LogP contribution in [0.3, 0.4) is 0 Å². The van der Waals surface area contributed by atoms with E-state index in [1.165, 1.54) is 31.2 Å². The third-order valence-electron chi connectivity index (χ3n) is 5.75. The van der Waals surface area contributed by atoms with Crippen LogP contribution < -0.4 is 4.74 Å². The van der Waals surface area contributed by atoms with Gasteiger partial charge in [-0.1, -0.05) is 68.7 Å². The lowest BCUT2D eigenvalue weighted by molar-refractivity contribution is 0.117. The van der Waals surface area contributed by atoms with Crippen LogP contribution in [0.2, 0.25) is 0 Å². The van der Waals surface area contributed by atoms with Gasteiger partial charge in [-0.15, -0.1) is 17.0 Å². The van der Waals surface area contributed by atoms with Crippen molar-refractivity contribution in [2.24, 2.45) is 0 Å². The Hall–Kier alpha value is -1.36. The molecule has 2 atom stereocenters. The van der Waals surface area contributed by atoms with Crippen molar-refractivity contribution in [2.75, 3.05) is 26.2 Å². The lowest BCUT2D eigenvalue weighted by atomic mass is 9.88. The zero-order valence-corrected chi connectivity index (χ0v) is 19.3. The van der Waals surface area contributed by atoms with Crippen LogP contribution in [-0.4, -0.2) is 36.2 Å². The van der Waals surface area contributed by atoms with Crippen LogP contribution in [-0.2, 0) is 0 Å². The molecule has 3 rings (SSSR count). The Morgan fingerprint density at radius 1 is 0.897 bits per heavy atom. The van der Waals surface area contributed by atoms with E-state index in [-0.39, 0.29) is 22.9 Å². The third-order valence-corrected chi connectivity index (χ3v) is 5.75. The highest BCUT2D eigenvalue weighted by molar-refractivity contribution is 8.93. The number of hydrogen-bond acceptors (Lipinski definition) is 3. The summed E-state index contributed by atoms with van der Waals surface area (Å²) in [6, 6.07) is 18.5. The van der Waals surface area contributed by atoms with Crippen molar-refractivity contribution in [3.8, 4) is 5.75 Å². The summed E-state index contributed by atoms with van der Waals surface area (Å²) in [4.78, 5) is 2.54. The number of aliphatic hydroxyl groups is 1. The molecule has 1 heterocycles. The van der Waals surface area contributed by atoms with Crippen molar-refractivity contribution in [1.82, 2.24) is 4.90 Å². The van der Waals surface area contributed by atoms with Crippen LogP contribution in [0, 0.1) is 0 Å². The average molecular weight is 462 g/mol. The first kappa shape index (κ1) is 23.9. The summed E-state index contributed by atoms with van der Waals surface area (Å²) < 4.78 is 5.77. The number of ether oxygens (including phenoxy) is 1. The van der Waals surface area contributed by atoms with Crippen molar-refractivity contribution in [2.45, 2.75) is 57.5 Å². The van der Waals surface area contributed by atoms with Crippen LogP contribution in [0.15, 0.2) is 54.6 Å². The Bertz CT molecular complexity index is 669. The molecule has 0 aliphatic carbocycles. The molecule has 1 fully saturated rings. The average Bonchev–Trinajstić information content (AvgIpc) is 3.02. The lowest BCUT2D eigenvalue weighted by Gasteiger charge is -2.30. The maximum atomic E-state index is 11.3. The minimum Gasteiger partial charge on any atom is -0.494 e. The van der Waals surface area contributed by atoms with Crippen molar-refractivity contribution in [1.29, 1.82) is 0 Å². The zero-order chi connectivity index (χ0) is 19.6. The smallest absolute Gasteiger partial charge is 0.119 e. The highest BCUT2D eigenvalue weighted by Gasteiger charge is 2.25. The Labute approximate surface area is 186 Å². The van der Waals surface area contributed by atoms with E-state index in [0.717, 1.165) is 50.4 Å². The lowest BCUT2D eigenvalue weighted by Crippen LogP contribution is -2.32. The standard InChI is InChI=1S/C25H35NO2.BrH/c1-2-3-19-28-23-15-13-22(14-16-23)25(27)24(21-11-7-6-8-12-21)20-26-17-9-4-5-10-18-26;/h6-8,11-16,24-25,27H,2-5,9-10,17-20H2,1H3;1H. The van der Waals surface area contributed by atoms with Crippen LogP contribution in [0.4, 0.5) is 0 Å². The number of likely N-dealkylation sites (tertiary alicyclic amines) is 1. The van der Waals surface area contributed by atoms with Crippen molar-refractivity contribution < 1.29 is 9.84 Å². The molecule has 1 aliphatic rings. The van der Waals surface area contributed by atoms with Gasteiger partial charge >= 0.3 is 0 Å². The van der Waals surface area contributed by atoms with E-state index >= 15 is 0 Å². The number of unbranched alkanes of at least 4 members (excludes halogenated alkanes) is 1. The number of nitrogens with zero attached hydrogens (tertiary/aromatic N) is 1. The summed E-state index contributed by atoms with van der Waals surface area (Å²) >= 11 is 0. The molecular formula is C25H36BrNO2. The van der Waals surface area contributed by atoms with Gasteiger partial charge in [0.1, 0.15) is 5.75 Å². The van der Waals surface area contributed by atoms with E-state index in [4.69, 9.17) is 4.74 Å². The molecule has 0 amide bonds. The molecule has 160 valence electrons. The van der Waals surface area contributed by atoms with Crippen LogP contribution in [0.25, 0.3) is 0 Å². The quantitative estimate of drug-likeness (QED) is 0.455. The molecule has 0 spiro atoms. The van der Waals surface area contributed by atoms with E-state index in [1.807, 2.05) is 30.3 Å². The van der Waals surface area contributed by atoms with Gasteiger partial charge in [-0.25, -0.2) is 0 Å². The minimum atomic E-state index is -0.518. The molecule has 0 saturated carbocycles. The first-order valence-electron chi connectivity index (χ1n) is 11.0. The van der Waals surface area contributed by atoms with Gasteiger partial charge in [-0.05, 0) is 55.6 Å². The Morgan fingerprint density at radius 3 is 2.17 bits per heavy atom. The van der Waals surface area contributed by atoms with E-state index in [9.17, 15) is 5.11 Å². The summed E-state index contributed by atoms with van der Waals surface area (Å²) in [7, 11) is 0. The summed E-state index contributed by atoms with van der Waals surface area (Å²) in [5, 5.41) is 11.3. The van der Waals surface area contributed by atoms with Gasteiger partial charge in [-0.2, -0.15) is 0 Å². The number of aliphatic hydroxyl groups excluding tert-OH is 1. The van der Waals surface area contributed by atoms with E-state index in [0.29, 0.717) is 0 Å². The number of benzene rings is 2. The van der Waals surface area contributed by atoms with Crippen molar-refractivity contribution in [3.63, 3.8) is 0 Å². The summed E-state index contributed by atoms with van der Waals surface area (Å²) in [5.41, 5.74) is 2.18. The number of rotatable bonds is 9. The van der Waals surface area contributed by atoms with Gasteiger partial charge in [0, 0.05) is 12.5 Å². The molecule has 2 aromatic rings. The molecule has 2 aromatic carbocycles. The van der Waals surface area contributed by atoms with Gasteiger partial charge in [0.05, 0.1) is 12.7 Å². The predicted octanol–water partition coefficient (Wildman–Crippen LogP) is 6.14. The Balaban J connectivity index is 0.00000300. The van der Waals surface area contributed by atoms with Gasteiger partial charge in [0.15, 0.2) is 0 Å². The van der Waals surface area contributed by atoms with Crippen LogP contribution >= 0.6 is 17.0 Å².